The van der Waals surface area contributed by atoms with Crippen molar-refractivity contribution in [1.29, 1.82) is 0 Å². The van der Waals surface area contributed by atoms with Crippen molar-refractivity contribution >= 4 is 22.6 Å². The summed E-state index contributed by atoms with van der Waals surface area (Å²) in [6, 6.07) is 0.153. The monoisotopic (exact) mass is 365 g/mol. The van der Waals surface area contributed by atoms with Crippen LogP contribution < -0.4 is 0 Å². The molecule has 18 heavy (non-hydrogen) atoms. The van der Waals surface area contributed by atoms with Crippen LogP contribution in [-0.4, -0.2) is 24.5 Å². The van der Waals surface area contributed by atoms with Gasteiger partial charge in [-0.3, -0.25) is 4.90 Å². The number of nitrogens with zero attached hydrogens (tertiary/aromatic N) is 3. The number of alkyl halides is 2. The molecular weight excluding hydrogens is 344 g/mol. The summed E-state index contributed by atoms with van der Waals surface area (Å²) in [5.74, 6) is -0.337. The molecule has 1 aliphatic heterocycles. The minimum atomic E-state index is -1.49. The quantitative estimate of drug-likeness (QED) is 0.432. The molecule has 1 aromatic rings. The zero-order valence-corrected chi connectivity index (χ0v) is 14.0. The van der Waals surface area contributed by atoms with Gasteiger partial charge in [0, 0.05) is 19.0 Å². The minimum Gasteiger partial charge on any atom is -0.335 e. The molecule has 0 spiro atoms. The maximum absolute atomic E-state index is 15.2. The molecule has 5 heteroatoms. The van der Waals surface area contributed by atoms with Crippen molar-refractivity contribution in [3.8, 4) is 0 Å². The molecule has 0 radical (unpaired) electrons. The molecule has 2 heterocycles. The van der Waals surface area contributed by atoms with Crippen LogP contribution in [0.4, 0.5) is 4.39 Å². The average molecular weight is 365 g/mol. The summed E-state index contributed by atoms with van der Waals surface area (Å²) < 4.78 is 17.4. The third-order valence-electron chi connectivity index (χ3n) is 3.95. The molecule has 0 N–H and O–H groups in total. The maximum atomic E-state index is 15.2. The van der Waals surface area contributed by atoms with E-state index in [0.717, 1.165) is 11.5 Å². The van der Waals surface area contributed by atoms with Crippen molar-refractivity contribution in [2.24, 2.45) is 7.05 Å². The van der Waals surface area contributed by atoms with E-state index >= 15 is 4.39 Å². The topological polar surface area (TPSA) is 21.1 Å². The Balaban J connectivity index is 2.66. The molecule has 102 valence electrons. The van der Waals surface area contributed by atoms with Crippen LogP contribution in [0.3, 0.4) is 0 Å². The Labute approximate surface area is 122 Å². The zero-order valence-electron chi connectivity index (χ0n) is 11.8. The molecule has 0 aromatic carbocycles. The predicted octanol–water partition coefficient (Wildman–Crippen LogP) is 3.46. The summed E-state index contributed by atoms with van der Waals surface area (Å²) in [4.78, 5) is 6.39. The van der Waals surface area contributed by atoms with Crippen molar-refractivity contribution in [3.05, 3.63) is 17.2 Å². The normalized spacial score (nSPS) is 32.9. The smallest absolute Gasteiger partial charge is 0.206 e. The molecule has 0 saturated heterocycles. The third-order valence-corrected chi connectivity index (χ3v) is 5.62. The van der Waals surface area contributed by atoms with Crippen LogP contribution >= 0.6 is 22.6 Å². The minimum absolute atomic E-state index is 0.139. The van der Waals surface area contributed by atoms with Gasteiger partial charge in [0.1, 0.15) is 11.5 Å². The van der Waals surface area contributed by atoms with Crippen molar-refractivity contribution < 1.29 is 4.39 Å². The van der Waals surface area contributed by atoms with E-state index in [1.54, 1.807) is 6.92 Å². The van der Waals surface area contributed by atoms with Gasteiger partial charge < -0.3 is 4.57 Å². The molecule has 1 aliphatic rings. The summed E-state index contributed by atoms with van der Waals surface area (Å²) in [6.07, 6.45) is 0. The van der Waals surface area contributed by atoms with Crippen LogP contribution in [-0.2, 0) is 12.8 Å². The second-order valence-electron chi connectivity index (χ2n) is 5.57. The lowest BCUT2D eigenvalue weighted by Crippen LogP contribution is -2.54. The van der Waals surface area contributed by atoms with E-state index in [1.807, 2.05) is 37.3 Å². The number of hydrogen-bond donors (Lipinski definition) is 0. The molecule has 1 aromatic heterocycles. The van der Waals surface area contributed by atoms with Crippen LogP contribution in [0.2, 0.25) is 0 Å². The fourth-order valence-electron chi connectivity index (χ4n) is 2.98. The highest BCUT2D eigenvalue weighted by atomic mass is 127. The first-order chi connectivity index (χ1) is 8.19. The Kier molecular flexibility index (Phi) is 3.51. The number of fused-ring (bicyclic) bond motifs is 1. The highest BCUT2D eigenvalue weighted by Gasteiger charge is 2.50. The van der Waals surface area contributed by atoms with Gasteiger partial charge >= 0.3 is 0 Å². The molecule has 0 bridgehead atoms. The summed E-state index contributed by atoms with van der Waals surface area (Å²) >= 11 is 2.35. The van der Waals surface area contributed by atoms with Gasteiger partial charge in [-0.25, -0.2) is 9.37 Å². The van der Waals surface area contributed by atoms with Gasteiger partial charge in [-0.2, -0.15) is 0 Å². The number of aryl methyl sites for hydroxylation is 1. The molecule has 0 saturated carbocycles. The van der Waals surface area contributed by atoms with Gasteiger partial charge in [0.15, 0.2) is 0 Å². The van der Waals surface area contributed by atoms with Crippen LogP contribution in [0.15, 0.2) is 0 Å². The molecule has 0 fully saturated rings. The first-order valence-electron chi connectivity index (χ1n) is 6.34. The first kappa shape index (κ1) is 14.2. The molecule has 3 atom stereocenters. The second-order valence-corrected chi connectivity index (χ2v) is 6.84. The van der Waals surface area contributed by atoms with Crippen LogP contribution in [0.5, 0.6) is 0 Å². The molecule has 2 rings (SSSR count). The lowest BCUT2D eigenvalue weighted by atomic mass is 9.92. The summed E-state index contributed by atoms with van der Waals surface area (Å²) in [7, 11) is 1.97. The average Bonchev–Trinajstić information content (AvgIpc) is 2.53. The van der Waals surface area contributed by atoms with E-state index in [1.165, 1.54) is 0 Å². The SMILES string of the molecule is Cc1nc2c(n1C)C(C)C(I)N(C(C)C)C2(C)F. The first-order valence-corrected chi connectivity index (χ1v) is 7.59. The van der Waals surface area contributed by atoms with Gasteiger partial charge in [0.25, 0.3) is 0 Å². The van der Waals surface area contributed by atoms with Crippen molar-refractivity contribution in [3.63, 3.8) is 0 Å². The third kappa shape index (κ3) is 1.81. The largest absolute Gasteiger partial charge is 0.335 e. The number of hydrogen-bond acceptors (Lipinski definition) is 2. The Morgan fingerprint density at radius 1 is 1.44 bits per heavy atom. The van der Waals surface area contributed by atoms with E-state index in [-0.39, 0.29) is 16.0 Å². The summed E-state index contributed by atoms with van der Waals surface area (Å²) in [6.45, 7) is 9.80. The molecular formula is C13H21FIN3. The highest BCUT2D eigenvalue weighted by Crippen LogP contribution is 2.47. The van der Waals surface area contributed by atoms with Crippen LogP contribution in [0.1, 0.15) is 50.8 Å². The molecule has 3 unspecified atom stereocenters. The van der Waals surface area contributed by atoms with Gasteiger partial charge in [-0.15, -0.1) is 0 Å². The van der Waals surface area contributed by atoms with Crippen molar-refractivity contribution in [2.75, 3.05) is 0 Å². The number of halogens is 2. The molecule has 0 aliphatic carbocycles. The molecule has 0 amide bonds. The van der Waals surface area contributed by atoms with Gasteiger partial charge in [-0.1, -0.05) is 29.5 Å². The van der Waals surface area contributed by atoms with Crippen molar-refractivity contribution in [2.45, 2.75) is 56.4 Å². The standard InChI is InChI=1S/C13H21FIN3/c1-7(2)18-12(15)8(3)10-11(13(18,5)14)16-9(4)17(10)6/h7-8,12H,1-6H3. The van der Waals surface area contributed by atoms with E-state index in [4.69, 9.17) is 0 Å². The summed E-state index contributed by atoms with van der Waals surface area (Å²) in [5, 5.41) is 0. The zero-order chi connectivity index (χ0) is 13.8. The Morgan fingerprint density at radius 2 is 2.00 bits per heavy atom. The lowest BCUT2D eigenvalue weighted by Gasteiger charge is -2.46. The van der Waals surface area contributed by atoms with Crippen LogP contribution in [0, 0.1) is 6.92 Å². The lowest BCUT2D eigenvalue weighted by molar-refractivity contribution is -0.0686. The Bertz CT molecular complexity index is 467. The van der Waals surface area contributed by atoms with Gasteiger partial charge in [0.05, 0.1) is 9.74 Å². The van der Waals surface area contributed by atoms with Crippen molar-refractivity contribution in [1.82, 2.24) is 14.5 Å². The fraction of sp³-hybridized carbons (Fsp3) is 0.769. The van der Waals surface area contributed by atoms with Gasteiger partial charge in [-0.05, 0) is 27.7 Å². The number of aromatic nitrogens is 2. The van der Waals surface area contributed by atoms with E-state index in [0.29, 0.717) is 5.69 Å². The van der Waals surface area contributed by atoms with Crippen LogP contribution in [0.25, 0.3) is 0 Å². The molecule has 3 nitrogen and oxygen atoms in total. The fourth-order valence-corrected chi connectivity index (χ4v) is 4.49. The van der Waals surface area contributed by atoms with E-state index < -0.39 is 5.79 Å². The number of imidazole rings is 1. The highest BCUT2D eigenvalue weighted by molar-refractivity contribution is 14.1. The predicted molar refractivity (Wildman–Crippen MR) is 79.6 cm³/mol. The Hall–Kier alpha value is -0.170. The summed E-state index contributed by atoms with van der Waals surface area (Å²) in [5.41, 5.74) is 1.63. The van der Waals surface area contributed by atoms with Gasteiger partial charge in [0.2, 0.25) is 5.79 Å². The second kappa shape index (κ2) is 4.44. The van der Waals surface area contributed by atoms with E-state index in [9.17, 15) is 0 Å². The maximum Gasteiger partial charge on any atom is 0.206 e. The Morgan fingerprint density at radius 3 is 2.50 bits per heavy atom. The number of rotatable bonds is 1. The van der Waals surface area contributed by atoms with E-state index in [2.05, 4.69) is 34.5 Å².